The van der Waals surface area contributed by atoms with Crippen LogP contribution in [0.3, 0.4) is 0 Å². The minimum Gasteiger partial charge on any atom is -0.465 e. The van der Waals surface area contributed by atoms with Gasteiger partial charge in [0.1, 0.15) is 11.6 Å². The molecule has 2 aromatic heterocycles. The highest BCUT2D eigenvalue weighted by atomic mass is 19.1. The number of rotatable bonds is 18. The van der Waals surface area contributed by atoms with Gasteiger partial charge < -0.3 is 40.4 Å². The van der Waals surface area contributed by atoms with Crippen molar-refractivity contribution in [3.05, 3.63) is 23.3 Å². The van der Waals surface area contributed by atoms with Gasteiger partial charge in [0, 0.05) is 50.3 Å². The number of hydrazine groups is 2. The second kappa shape index (κ2) is 23.9. The molecule has 20 nitrogen and oxygen atoms in total. The molecule has 0 unspecified atom stereocenters. The number of anilines is 4. The number of hydrogen-bond donors (Lipinski definition) is 8. The van der Waals surface area contributed by atoms with Crippen LogP contribution in [0.15, 0.2) is 0 Å². The summed E-state index contributed by atoms with van der Waals surface area (Å²) in [6.07, 6.45) is 9.27. The van der Waals surface area contributed by atoms with Gasteiger partial charge in [-0.25, -0.2) is 29.5 Å². The van der Waals surface area contributed by atoms with E-state index < -0.39 is 47.5 Å². The third-order valence-electron chi connectivity index (χ3n) is 13.7. The van der Waals surface area contributed by atoms with Gasteiger partial charge in [0.25, 0.3) is 0 Å². The van der Waals surface area contributed by atoms with Gasteiger partial charge in [-0.05, 0) is 93.4 Å². The zero-order valence-corrected chi connectivity index (χ0v) is 39.8. The number of nitrogens with zero attached hydrogens (tertiary/aromatic N) is 8. The lowest BCUT2D eigenvalue weighted by molar-refractivity contribution is -0.125. The van der Waals surface area contributed by atoms with E-state index >= 15 is 8.78 Å². The third-order valence-corrected chi connectivity index (χ3v) is 13.7. The molecule has 2 saturated carbocycles. The SMILES string of the molecule is Cc1nc(NNC(=O)[C@@H](CNC(=O)O)CC2CCCC2)c(F)c(N2CC[C@@H](N(C)C)[C@H]2C)n1.Cc1nc(NNC(=O)[C@@H](CNC(=O)O)CC2CCCC2)c(F)c(N2CC[C@@H](N(C)C)[C@H]2C)n1. The predicted octanol–water partition coefficient (Wildman–Crippen LogP) is 4.72. The molecule has 4 heterocycles. The fourth-order valence-corrected chi connectivity index (χ4v) is 10.2. The first-order chi connectivity index (χ1) is 31.3. The number of carbonyl (C=O) groups excluding carboxylic acids is 2. The van der Waals surface area contributed by atoms with Crippen LogP contribution in [0.25, 0.3) is 0 Å². The van der Waals surface area contributed by atoms with Gasteiger partial charge >= 0.3 is 12.2 Å². The first-order valence-corrected chi connectivity index (χ1v) is 23.3. The van der Waals surface area contributed by atoms with Crippen LogP contribution in [0.5, 0.6) is 0 Å². The molecule has 8 N–H and O–H groups in total. The van der Waals surface area contributed by atoms with Crippen molar-refractivity contribution in [2.45, 2.75) is 129 Å². The highest BCUT2D eigenvalue weighted by molar-refractivity contribution is 5.81. The second-order valence-electron chi connectivity index (χ2n) is 18.8. The molecule has 0 spiro atoms. The Kier molecular flexibility index (Phi) is 18.7. The van der Waals surface area contributed by atoms with Crippen molar-refractivity contribution in [3.63, 3.8) is 0 Å². The Morgan fingerprint density at radius 1 is 0.621 bits per heavy atom. The number of halogens is 2. The average Bonchev–Trinajstić information content (AvgIpc) is 4.10. The molecule has 4 amide bonds. The summed E-state index contributed by atoms with van der Waals surface area (Å²) in [4.78, 5) is 72.6. The van der Waals surface area contributed by atoms with Gasteiger partial charge in [0.15, 0.2) is 23.3 Å². The Bertz CT molecular complexity index is 1830. The molecule has 6 rings (SSSR count). The molecule has 2 aromatic rings. The Labute approximate surface area is 386 Å². The van der Waals surface area contributed by atoms with Crippen molar-refractivity contribution in [2.75, 3.05) is 75.0 Å². The van der Waals surface area contributed by atoms with Crippen LogP contribution in [0.4, 0.5) is 41.6 Å². The summed E-state index contributed by atoms with van der Waals surface area (Å²) >= 11 is 0. The lowest BCUT2D eigenvalue weighted by Gasteiger charge is -2.29. The summed E-state index contributed by atoms with van der Waals surface area (Å²) in [6.45, 7) is 8.82. The molecule has 0 bridgehead atoms. The van der Waals surface area contributed by atoms with Crippen LogP contribution in [-0.4, -0.2) is 142 Å². The first kappa shape index (κ1) is 51.6. The number of carboxylic acid groups (broad SMARTS) is 2. The number of likely N-dealkylation sites (N-methyl/N-ethyl adjacent to an activating group) is 2. The standard InChI is InChI=1S/2C22H36FN7O3/c2*1-13-17(29(3)4)9-10-30(13)20-18(23)19(25-14(2)26-20)27-28-21(31)16(12-24-22(32)33)11-15-7-5-6-8-15/h2*13,15-17,24H,5-12H2,1-4H3,(H,28,31)(H,32,33)(H,25,26,27)/t2*13-,16-,17-/m11/s1. The number of carbonyl (C=O) groups is 4. The van der Waals surface area contributed by atoms with Crippen LogP contribution in [0, 0.1) is 49.2 Å². The van der Waals surface area contributed by atoms with E-state index in [1.807, 2.05) is 51.8 Å². The van der Waals surface area contributed by atoms with E-state index in [4.69, 9.17) is 10.2 Å². The predicted molar refractivity (Wildman–Crippen MR) is 247 cm³/mol. The molecule has 2 aliphatic heterocycles. The molecule has 2 aliphatic carbocycles. The highest BCUT2D eigenvalue weighted by Gasteiger charge is 2.37. The zero-order chi connectivity index (χ0) is 48.2. The molecular formula is C44H72F2N14O6. The maximum Gasteiger partial charge on any atom is 0.404 e. The Morgan fingerprint density at radius 2 is 0.970 bits per heavy atom. The number of nitrogens with one attached hydrogen (secondary N) is 6. The minimum atomic E-state index is -1.18. The number of amides is 4. The van der Waals surface area contributed by atoms with E-state index in [2.05, 4.69) is 62.1 Å². The van der Waals surface area contributed by atoms with Crippen LogP contribution in [-0.2, 0) is 9.59 Å². The molecule has 22 heteroatoms. The van der Waals surface area contributed by atoms with Crippen molar-refractivity contribution in [1.29, 1.82) is 0 Å². The summed E-state index contributed by atoms with van der Waals surface area (Å²) in [5.41, 5.74) is 10.3. The van der Waals surface area contributed by atoms with Crippen LogP contribution in [0.1, 0.15) is 103 Å². The number of hydrogen-bond acceptors (Lipinski definition) is 14. The molecular weight excluding hydrogens is 859 g/mol. The van der Waals surface area contributed by atoms with Crippen molar-refractivity contribution in [2.24, 2.45) is 23.7 Å². The van der Waals surface area contributed by atoms with Crippen molar-refractivity contribution < 1.29 is 38.2 Å². The first-order valence-electron chi connectivity index (χ1n) is 23.3. The van der Waals surface area contributed by atoms with E-state index in [0.29, 0.717) is 49.4 Å². The topological polar surface area (TPSA) is 245 Å². The molecule has 0 aromatic carbocycles. The maximum atomic E-state index is 15.4. The summed E-state index contributed by atoms with van der Waals surface area (Å²) in [7, 11) is 8.04. The largest absolute Gasteiger partial charge is 0.465 e. The van der Waals surface area contributed by atoms with E-state index in [1.54, 1.807) is 13.8 Å². The van der Waals surface area contributed by atoms with Crippen molar-refractivity contribution in [3.8, 4) is 0 Å². The number of aryl methyl sites for hydroxylation is 2. The quantitative estimate of drug-likeness (QED) is 0.0943. The lowest BCUT2D eigenvalue weighted by atomic mass is 9.92. The lowest BCUT2D eigenvalue weighted by Crippen LogP contribution is -2.42. The second-order valence-corrected chi connectivity index (χ2v) is 18.8. The fraction of sp³-hybridized carbons (Fsp3) is 0.727. The summed E-state index contributed by atoms with van der Waals surface area (Å²) in [5, 5.41) is 22.5. The Hall–Kier alpha value is -5.38. The van der Waals surface area contributed by atoms with Crippen LogP contribution >= 0.6 is 0 Å². The molecule has 4 fully saturated rings. The smallest absolute Gasteiger partial charge is 0.404 e. The minimum absolute atomic E-state index is 0.00704. The van der Waals surface area contributed by atoms with Crippen molar-refractivity contribution in [1.82, 2.24) is 51.2 Å². The summed E-state index contributed by atoms with van der Waals surface area (Å²) < 4.78 is 30.7. The molecule has 66 heavy (non-hydrogen) atoms. The van der Waals surface area contributed by atoms with Gasteiger partial charge in [-0.15, -0.1) is 0 Å². The monoisotopic (exact) mass is 931 g/mol. The van der Waals surface area contributed by atoms with E-state index in [1.165, 1.54) is 0 Å². The van der Waals surface area contributed by atoms with Crippen LogP contribution < -0.4 is 42.1 Å². The van der Waals surface area contributed by atoms with Gasteiger partial charge in [-0.1, -0.05) is 51.4 Å². The van der Waals surface area contributed by atoms with Crippen molar-refractivity contribution >= 4 is 47.3 Å². The zero-order valence-electron chi connectivity index (χ0n) is 39.8. The van der Waals surface area contributed by atoms with Gasteiger partial charge in [-0.3, -0.25) is 31.3 Å². The number of aromatic nitrogens is 4. The summed E-state index contributed by atoms with van der Waals surface area (Å²) in [6, 6.07) is 0.719. The van der Waals surface area contributed by atoms with E-state index in [9.17, 15) is 19.2 Å². The highest BCUT2D eigenvalue weighted by Crippen LogP contribution is 2.34. The Balaban J connectivity index is 0.000000247. The third kappa shape index (κ3) is 13.8. The maximum absolute atomic E-state index is 15.4. The van der Waals surface area contributed by atoms with E-state index in [-0.39, 0.29) is 60.5 Å². The van der Waals surface area contributed by atoms with Gasteiger partial charge in [0.2, 0.25) is 23.4 Å². The molecule has 4 aliphatic rings. The van der Waals surface area contributed by atoms with E-state index in [0.717, 1.165) is 64.2 Å². The van der Waals surface area contributed by atoms with Gasteiger partial charge in [-0.2, -0.15) is 8.78 Å². The molecule has 368 valence electrons. The fourth-order valence-electron chi connectivity index (χ4n) is 10.2. The molecule has 6 atom stereocenters. The molecule has 2 saturated heterocycles. The average molecular weight is 931 g/mol. The summed E-state index contributed by atoms with van der Waals surface area (Å²) in [5.74, 6) is -1.35. The van der Waals surface area contributed by atoms with Crippen LogP contribution in [0.2, 0.25) is 0 Å². The Morgan fingerprint density at radius 3 is 1.27 bits per heavy atom. The van der Waals surface area contributed by atoms with Gasteiger partial charge in [0.05, 0.1) is 11.8 Å². The molecule has 0 radical (unpaired) electrons. The normalized spacial score (nSPS) is 21.9.